The maximum Gasteiger partial charge on any atom is 0.316 e. The van der Waals surface area contributed by atoms with Crippen LogP contribution in [-0.2, 0) is 15.6 Å². The molecule has 0 amide bonds. The Morgan fingerprint density at radius 3 is 2.23 bits per heavy atom. The van der Waals surface area contributed by atoms with Gasteiger partial charge in [-0.15, -0.1) is 0 Å². The summed E-state index contributed by atoms with van der Waals surface area (Å²) >= 11 is 0. The van der Waals surface area contributed by atoms with Crippen LogP contribution in [0.5, 0.6) is 0 Å². The summed E-state index contributed by atoms with van der Waals surface area (Å²) in [5.74, 6) is -2.87. The number of Topliss-reactive ketones (excluding diaryl/α,β-unsaturated/α-hetero) is 1. The second kappa shape index (κ2) is 7.09. The van der Waals surface area contributed by atoms with Gasteiger partial charge < -0.3 is 5.11 Å². The second-order valence-corrected chi connectivity index (χ2v) is 6.06. The summed E-state index contributed by atoms with van der Waals surface area (Å²) in [5, 5.41) is 8.52. The van der Waals surface area contributed by atoms with Crippen LogP contribution in [0.1, 0.15) is 10.4 Å². The summed E-state index contributed by atoms with van der Waals surface area (Å²) in [6, 6.07) is 12.5. The van der Waals surface area contributed by atoms with Crippen LogP contribution in [0.25, 0.3) is 11.1 Å². The first-order valence-electron chi connectivity index (χ1n) is 6.42. The van der Waals surface area contributed by atoms with Gasteiger partial charge in [-0.05, 0) is 11.6 Å². The fourth-order valence-electron chi connectivity index (χ4n) is 1.95. The molecule has 2 aromatic rings. The smallest absolute Gasteiger partial charge is 0.316 e. The van der Waals surface area contributed by atoms with Crippen LogP contribution in [0.3, 0.4) is 0 Å². The molecule has 2 rings (SSSR count). The lowest BCUT2D eigenvalue weighted by Crippen LogP contribution is -2.17. The summed E-state index contributed by atoms with van der Waals surface area (Å²) < 4.78 is 25.1. The highest BCUT2D eigenvalue weighted by molar-refractivity contribution is 7.86. The van der Waals surface area contributed by atoms with E-state index >= 15 is 0 Å². The molecule has 1 N–H and O–H groups in total. The Balaban J connectivity index is 2.12. The molecule has 1 unspecified atom stereocenters. The number of carboxylic acids is 1. The fraction of sp³-hybridized carbons (Fsp3) is 0.125. The largest absolute Gasteiger partial charge is 0.481 e. The standard InChI is InChI=1S/C16H13FO4S/c17-14-4-2-1-3-13(14)11-5-7-12(8-6-11)15(18)9-22(21)10-16(19)20/h1-8H,9-10H2,(H,19,20). The minimum absolute atomic E-state index is 0.318. The van der Waals surface area contributed by atoms with Crippen molar-refractivity contribution in [2.24, 2.45) is 0 Å². The Hall–Kier alpha value is -2.34. The van der Waals surface area contributed by atoms with E-state index in [0.29, 0.717) is 16.7 Å². The zero-order valence-corrected chi connectivity index (χ0v) is 12.3. The number of benzene rings is 2. The van der Waals surface area contributed by atoms with Crippen LogP contribution in [0, 0.1) is 5.82 Å². The number of aliphatic carboxylic acids is 1. The van der Waals surface area contributed by atoms with Crippen LogP contribution >= 0.6 is 0 Å². The molecule has 114 valence electrons. The summed E-state index contributed by atoms with van der Waals surface area (Å²) in [7, 11) is -1.73. The van der Waals surface area contributed by atoms with Gasteiger partial charge in [0.25, 0.3) is 0 Å². The van der Waals surface area contributed by atoms with E-state index in [1.54, 1.807) is 30.3 Å². The lowest BCUT2D eigenvalue weighted by atomic mass is 10.0. The first-order valence-corrected chi connectivity index (χ1v) is 7.91. The van der Waals surface area contributed by atoms with E-state index in [1.807, 2.05) is 0 Å². The van der Waals surface area contributed by atoms with Crippen LogP contribution in [0.4, 0.5) is 4.39 Å². The monoisotopic (exact) mass is 320 g/mol. The molecule has 22 heavy (non-hydrogen) atoms. The summed E-state index contributed by atoms with van der Waals surface area (Å²) in [6.45, 7) is 0. The first kappa shape index (κ1) is 16.0. The van der Waals surface area contributed by atoms with Crippen molar-refractivity contribution in [2.45, 2.75) is 0 Å². The Morgan fingerprint density at radius 2 is 1.64 bits per heavy atom. The zero-order valence-electron chi connectivity index (χ0n) is 11.5. The highest BCUT2D eigenvalue weighted by atomic mass is 32.2. The highest BCUT2D eigenvalue weighted by Gasteiger charge is 2.13. The molecule has 2 aromatic carbocycles. The number of hydrogen-bond acceptors (Lipinski definition) is 3. The Labute approximate surface area is 129 Å². The van der Waals surface area contributed by atoms with Gasteiger partial charge in [0.1, 0.15) is 11.6 Å². The molecule has 0 aliphatic carbocycles. The van der Waals surface area contributed by atoms with Crippen molar-refractivity contribution in [2.75, 3.05) is 11.5 Å². The average Bonchev–Trinajstić information content (AvgIpc) is 2.47. The van der Waals surface area contributed by atoms with E-state index in [2.05, 4.69) is 0 Å². The van der Waals surface area contributed by atoms with Crippen molar-refractivity contribution < 1.29 is 23.3 Å². The molecule has 0 radical (unpaired) electrons. The number of halogens is 1. The van der Waals surface area contributed by atoms with Crippen molar-refractivity contribution >= 4 is 22.6 Å². The number of ketones is 1. The molecular weight excluding hydrogens is 307 g/mol. The van der Waals surface area contributed by atoms with E-state index in [0.717, 1.165) is 0 Å². The average molecular weight is 320 g/mol. The van der Waals surface area contributed by atoms with Gasteiger partial charge in [0, 0.05) is 21.9 Å². The summed E-state index contributed by atoms with van der Waals surface area (Å²) in [6.07, 6.45) is 0. The van der Waals surface area contributed by atoms with Crippen LogP contribution < -0.4 is 0 Å². The van der Waals surface area contributed by atoms with Gasteiger partial charge in [-0.25, -0.2) is 4.39 Å². The van der Waals surface area contributed by atoms with Crippen molar-refractivity contribution in [3.05, 3.63) is 59.9 Å². The molecule has 0 spiro atoms. The quantitative estimate of drug-likeness (QED) is 0.830. The summed E-state index contributed by atoms with van der Waals surface area (Å²) in [5.41, 5.74) is 1.37. The van der Waals surface area contributed by atoms with E-state index < -0.39 is 28.3 Å². The van der Waals surface area contributed by atoms with Crippen molar-refractivity contribution in [3.63, 3.8) is 0 Å². The molecule has 1 atom stereocenters. The third-order valence-corrected chi connectivity index (χ3v) is 4.12. The van der Waals surface area contributed by atoms with Gasteiger partial charge >= 0.3 is 5.97 Å². The number of hydrogen-bond donors (Lipinski definition) is 1. The number of carbonyl (C=O) groups excluding carboxylic acids is 1. The summed E-state index contributed by atoms with van der Waals surface area (Å²) in [4.78, 5) is 22.3. The van der Waals surface area contributed by atoms with Crippen molar-refractivity contribution in [3.8, 4) is 11.1 Å². The molecule has 4 nitrogen and oxygen atoms in total. The van der Waals surface area contributed by atoms with Crippen molar-refractivity contribution in [1.29, 1.82) is 0 Å². The molecule has 6 heteroatoms. The predicted molar refractivity (Wildman–Crippen MR) is 81.7 cm³/mol. The van der Waals surface area contributed by atoms with Crippen LogP contribution in [0.2, 0.25) is 0 Å². The fourth-order valence-corrected chi connectivity index (χ4v) is 2.79. The third-order valence-electron chi connectivity index (χ3n) is 2.97. The predicted octanol–water partition coefficient (Wildman–Crippen LogP) is 2.51. The van der Waals surface area contributed by atoms with Crippen molar-refractivity contribution in [1.82, 2.24) is 0 Å². The molecular formula is C16H13FO4S. The topological polar surface area (TPSA) is 71.4 Å². The molecule has 0 aliphatic rings. The van der Waals surface area contributed by atoms with Gasteiger partial charge in [-0.2, -0.15) is 0 Å². The van der Waals surface area contributed by atoms with Gasteiger partial charge in [-0.3, -0.25) is 13.8 Å². The maximum absolute atomic E-state index is 13.7. The van der Waals surface area contributed by atoms with E-state index in [9.17, 15) is 18.2 Å². The van der Waals surface area contributed by atoms with Gasteiger partial charge in [0.05, 0.1) is 5.75 Å². The number of carboxylic acid groups (broad SMARTS) is 1. The molecule has 0 saturated heterocycles. The third kappa shape index (κ3) is 4.08. The molecule has 0 fully saturated rings. The SMILES string of the molecule is O=C(O)CS(=O)CC(=O)c1ccc(-c2ccccc2F)cc1. The normalized spacial score (nSPS) is 11.9. The maximum atomic E-state index is 13.7. The van der Waals surface area contributed by atoms with E-state index in [1.165, 1.54) is 18.2 Å². The highest BCUT2D eigenvalue weighted by Crippen LogP contribution is 2.22. The van der Waals surface area contributed by atoms with Crippen LogP contribution in [0.15, 0.2) is 48.5 Å². The Bertz CT molecular complexity index is 725. The second-order valence-electron chi connectivity index (χ2n) is 4.60. The minimum Gasteiger partial charge on any atom is -0.481 e. The first-order chi connectivity index (χ1) is 10.5. The zero-order chi connectivity index (χ0) is 16.1. The lowest BCUT2D eigenvalue weighted by Gasteiger charge is -2.05. The number of rotatable bonds is 6. The van der Waals surface area contributed by atoms with E-state index in [4.69, 9.17) is 5.11 Å². The lowest BCUT2D eigenvalue weighted by molar-refractivity contribution is -0.133. The van der Waals surface area contributed by atoms with E-state index in [-0.39, 0.29) is 11.6 Å². The molecule has 0 aliphatic heterocycles. The molecule has 0 bridgehead atoms. The van der Waals surface area contributed by atoms with Gasteiger partial charge in [0.2, 0.25) is 0 Å². The number of carbonyl (C=O) groups is 2. The molecule has 0 saturated carbocycles. The molecule has 0 heterocycles. The van der Waals surface area contributed by atoms with Gasteiger partial charge in [-0.1, -0.05) is 42.5 Å². The Morgan fingerprint density at radius 1 is 1.00 bits per heavy atom. The molecule has 0 aromatic heterocycles. The van der Waals surface area contributed by atoms with Crippen LogP contribution in [-0.4, -0.2) is 32.6 Å². The minimum atomic E-state index is -1.73. The van der Waals surface area contributed by atoms with Gasteiger partial charge in [0.15, 0.2) is 5.78 Å². The Kier molecular flexibility index (Phi) is 5.16.